The van der Waals surface area contributed by atoms with Crippen molar-refractivity contribution in [2.24, 2.45) is 0 Å². The van der Waals surface area contributed by atoms with E-state index >= 15 is 0 Å². The van der Waals surface area contributed by atoms with Gasteiger partial charge >= 0.3 is 0 Å². The third-order valence-electron chi connectivity index (χ3n) is 2.80. The summed E-state index contributed by atoms with van der Waals surface area (Å²) in [6, 6.07) is 5.73. The molecule has 0 atom stereocenters. The molecule has 0 unspecified atom stereocenters. The van der Waals surface area contributed by atoms with Crippen LogP contribution < -0.4 is 14.8 Å². The summed E-state index contributed by atoms with van der Waals surface area (Å²) in [7, 11) is 3.29. The van der Waals surface area contributed by atoms with Crippen LogP contribution in [-0.2, 0) is 14.2 Å². The normalized spacial score (nSPS) is 10.5. The molecule has 22 heavy (non-hydrogen) atoms. The van der Waals surface area contributed by atoms with Gasteiger partial charge in [0.15, 0.2) is 0 Å². The fourth-order valence-corrected chi connectivity index (χ4v) is 1.76. The molecular formula is C16H27NO5. The molecule has 0 saturated heterocycles. The highest BCUT2D eigenvalue weighted by Crippen LogP contribution is 2.25. The lowest BCUT2D eigenvalue weighted by atomic mass is 10.2. The Morgan fingerprint density at radius 2 is 1.45 bits per heavy atom. The fraction of sp³-hybridized carbons (Fsp3) is 0.625. The topological polar surface area (TPSA) is 58.2 Å². The molecule has 0 bridgehead atoms. The minimum atomic E-state index is 0.483. The van der Waals surface area contributed by atoms with Gasteiger partial charge in [-0.05, 0) is 6.92 Å². The zero-order valence-corrected chi connectivity index (χ0v) is 13.7. The predicted octanol–water partition coefficient (Wildman–Crippen LogP) is 2.19. The quantitative estimate of drug-likeness (QED) is 0.563. The van der Waals surface area contributed by atoms with Crippen LogP contribution in [0.4, 0.5) is 5.69 Å². The van der Waals surface area contributed by atoms with Crippen LogP contribution in [0.1, 0.15) is 6.92 Å². The molecule has 1 aromatic rings. The minimum Gasteiger partial charge on any atom is -0.497 e. The van der Waals surface area contributed by atoms with Gasteiger partial charge in [-0.3, -0.25) is 0 Å². The number of hydrogen-bond acceptors (Lipinski definition) is 6. The Kier molecular flexibility index (Phi) is 10.2. The van der Waals surface area contributed by atoms with E-state index in [1.54, 1.807) is 14.2 Å². The highest BCUT2D eigenvalue weighted by atomic mass is 16.6. The first-order valence-electron chi connectivity index (χ1n) is 7.50. The van der Waals surface area contributed by atoms with Crippen molar-refractivity contribution in [1.29, 1.82) is 0 Å². The summed E-state index contributed by atoms with van der Waals surface area (Å²) >= 11 is 0. The molecule has 0 aliphatic heterocycles. The van der Waals surface area contributed by atoms with Crippen LogP contribution in [-0.4, -0.2) is 60.4 Å². The average Bonchev–Trinajstić information content (AvgIpc) is 2.53. The molecule has 6 nitrogen and oxygen atoms in total. The van der Waals surface area contributed by atoms with Gasteiger partial charge in [0.25, 0.3) is 0 Å². The van der Waals surface area contributed by atoms with E-state index in [1.807, 2.05) is 25.1 Å². The second kappa shape index (κ2) is 12.1. The van der Waals surface area contributed by atoms with Crippen LogP contribution in [0, 0.1) is 0 Å². The summed E-state index contributed by atoms with van der Waals surface area (Å²) in [4.78, 5) is 0. The van der Waals surface area contributed by atoms with Crippen LogP contribution in [0.2, 0.25) is 0 Å². The highest BCUT2D eigenvalue weighted by molar-refractivity contribution is 5.53. The first-order valence-corrected chi connectivity index (χ1v) is 7.50. The Balaban J connectivity index is 2.19. The molecule has 0 radical (unpaired) electrons. The SMILES string of the molecule is CCNc1cc(OC)cc(OCCOCCOCCOC)c1. The van der Waals surface area contributed by atoms with E-state index in [4.69, 9.17) is 23.7 Å². The van der Waals surface area contributed by atoms with E-state index in [2.05, 4.69) is 5.32 Å². The second-order valence-corrected chi connectivity index (χ2v) is 4.49. The third kappa shape index (κ3) is 8.07. The standard InChI is InChI=1S/C16H27NO5/c1-4-17-14-11-15(19-3)13-16(12-14)22-10-9-21-8-7-20-6-5-18-2/h11-13,17H,4-10H2,1-3H3. The number of nitrogens with one attached hydrogen (secondary N) is 1. The van der Waals surface area contributed by atoms with Gasteiger partial charge in [0, 0.05) is 37.5 Å². The molecule has 0 aliphatic carbocycles. The predicted molar refractivity (Wildman–Crippen MR) is 86.2 cm³/mol. The summed E-state index contributed by atoms with van der Waals surface area (Å²) in [6.07, 6.45) is 0. The maximum absolute atomic E-state index is 5.67. The lowest BCUT2D eigenvalue weighted by molar-refractivity contribution is 0.0179. The molecular weight excluding hydrogens is 286 g/mol. The van der Waals surface area contributed by atoms with Crippen LogP contribution in [0.3, 0.4) is 0 Å². The zero-order chi connectivity index (χ0) is 16.0. The van der Waals surface area contributed by atoms with Crippen LogP contribution >= 0.6 is 0 Å². The Morgan fingerprint density at radius 3 is 2.09 bits per heavy atom. The van der Waals surface area contributed by atoms with E-state index in [0.717, 1.165) is 23.7 Å². The minimum absolute atomic E-state index is 0.483. The number of benzene rings is 1. The van der Waals surface area contributed by atoms with Crippen molar-refractivity contribution in [2.75, 3.05) is 65.7 Å². The lowest BCUT2D eigenvalue weighted by Crippen LogP contribution is -2.12. The maximum Gasteiger partial charge on any atom is 0.125 e. The Hall–Kier alpha value is -1.50. The summed E-state index contributed by atoms with van der Waals surface area (Å²) in [5.41, 5.74) is 0.976. The smallest absolute Gasteiger partial charge is 0.125 e. The Labute approximate surface area is 132 Å². The van der Waals surface area contributed by atoms with Gasteiger partial charge in [0.2, 0.25) is 0 Å². The van der Waals surface area contributed by atoms with Crippen molar-refractivity contribution >= 4 is 5.69 Å². The summed E-state index contributed by atoms with van der Waals surface area (Å²) < 4.78 is 26.5. The molecule has 0 spiro atoms. The maximum atomic E-state index is 5.67. The molecule has 6 heteroatoms. The summed E-state index contributed by atoms with van der Waals surface area (Å²) in [6.45, 7) is 6.20. The second-order valence-electron chi connectivity index (χ2n) is 4.49. The molecule has 1 rings (SSSR count). The zero-order valence-electron chi connectivity index (χ0n) is 13.7. The van der Waals surface area contributed by atoms with Gasteiger partial charge in [-0.15, -0.1) is 0 Å². The number of hydrogen-bond donors (Lipinski definition) is 1. The van der Waals surface area contributed by atoms with E-state index in [9.17, 15) is 0 Å². The monoisotopic (exact) mass is 313 g/mol. The van der Waals surface area contributed by atoms with E-state index < -0.39 is 0 Å². The molecule has 0 heterocycles. The van der Waals surface area contributed by atoms with Gasteiger partial charge in [-0.2, -0.15) is 0 Å². The molecule has 0 aromatic heterocycles. The molecule has 0 fully saturated rings. The van der Waals surface area contributed by atoms with Gasteiger partial charge in [0.1, 0.15) is 18.1 Å². The molecule has 1 N–H and O–H groups in total. The fourth-order valence-electron chi connectivity index (χ4n) is 1.76. The van der Waals surface area contributed by atoms with Gasteiger partial charge in [-0.25, -0.2) is 0 Å². The van der Waals surface area contributed by atoms with Crippen molar-refractivity contribution in [1.82, 2.24) is 0 Å². The lowest BCUT2D eigenvalue weighted by Gasteiger charge is -2.11. The molecule has 0 saturated carbocycles. The number of ether oxygens (including phenoxy) is 5. The first-order chi connectivity index (χ1) is 10.8. The van der Waals surface area contributed by atoms with E-state index in [1.165, 1.54) is 0 Å². The van der Waals surface area contributed by atoms with Crippen molar-refractivity contribution < 1.29 is 23.7 Å². The van der Waals surface area contributed by atoms with Crippen LogP contribution in [0.25, 0.3) is 0 Å². The molecule has 126 valence electrons. The number of methoxy groups -OCH3 is 2. The number of anilines is 1. The van der Waals surface area contributed by atoms with E-state index in [-0.39, 0.29) is 0 Å². The van der Waals surface area contributed by atoms with Gasteiger partial charge in [0.05, 0.1) is 40.1 Å². The third-order valence-corrected chi connectivity index (χ3v) is 2.80. The van der Waals surface area contributed by atoms with Gasteiger partial charge < -0.3 is 29.0 Å². The van der Waals surface area contributed by atoms with Crippen LogP contribution in [0.5, 0.6) is 11.5 Å². The molecule has 0 amide bonds. The van der Waals surface area contributed by atoms with Crippen LogP contribution in [0.15, 0.2) is 18.2 Å². The van der Waals surface area contributed by atoms with E-state index in [0.29, 0.717) is 39.6 Å². The van der Waals surface area contributed by atoms with Crippen molar-refractivity contribution in [3.63, 3.8) is 0 Å². The highest BCUT2D eigenvalue weighted by Gasteiger charge is 2.02. The van der Waals surface area contributed by atoms with Crippen molar-refractivity contribution in [3.8, 4) is 11.5 Å². The largest absolute Gasteiger partial charge is 0.497 e. The van der Waals surface area contributed by atoms with Crippen molar-refractivity contribution in [2.45, 2.75) is 6.92 Å². The first kappa shape index (κ1) is 18.5. The van der Waals surface area contributed by atoms with Crippen molar-refractivity contribution in [3.05, 3.63) is 18.2 Å². The summed E-state index contributed by atoms with van der Waals surface area (Å²) in [5, 5.41) is 3.24. The Bertz CT molecular complexity index is 400. The molecule has 1 aromatic carbocycles. The Morgan fingerprint density at radius 1 is 0.818 bits per heavy atom. The summed E-state index contributed by atoms with van der Waals surface area (Å²) in [5.74, 6) is 1.52. The molecule has 0 aliphatic rings. The van der Waals surface area contributed by atoms with Gasteiger partial charge in [-0.1, -0.05) is 0 Å². The number of rotatable bonds is 13. The average molecular weight is 313 g/mol.